The fraction of sp³-hybridized carbons (Fsp3) is 0.433. The quantitative estimate of drug-likeness (QED) is 0.172. The van der Waals surface area contributed by atoms with E-state index in [0.29, 0.717) is 35.0 Å². The summed E-state index contributed by atoms with van der Waals surface area (Å²) in [5.41, 5.74) is 1.30. The highest BCUT2D eigenvalue weighted by molar-refractivity contribution is 6.07. The van der Waals surface area contributed by atoms with Crippen molar-refractivity contribution in [2.24, 2.45) is 10.8 Å². The molecule has 0 aliphatic rings. The highest BCUT2D eigenvalue weighted by Crippen LogP contribution is 2.38. The van der Waals surface area contributed by atoms with Crippen LogP contribution in [0.5, 0.6) is 17.2 Å². The lowest BCUT2D eigenvalue weighted by Gasteiger charge is -2.21. The van der Waals surface area contributed by atoms with E-state index in [1.54, 1.807) is 71.9 Å². The van der Waals surface area contributed by atoms with Crippen molar-refractivity contribution in [3.8, 4) is 17.2 Å². The third-order valence-electron chi connectivity index (χ3n) is 5.26. The molecular formula is C30H38O6. The predicted molar refractivity (Wildman–Crippen MR) is 142 cm³/mol. The molecule has 194 valence electrons. The van der Waals surface area contributed by atoms with Crippen LogP contribution >= 0.6 is 0 Å². The van der Waals surface area contributed by atoms with Crippen molar-refractivity contribution in [2.45, 2.75) is 68.7 Å². The molecule has 2 aromatic rings. The maximum Gasteiger partial charge on any atom is 0.316 e. The number of carbonyl (C=O) groups excluding carboxylic acids is 3. The molecule has 6 nitrogen and oxygen atoms in total. The predicted octanol–water partition coefficient (Wildman–Crippen LogP) is 6.89. The van der Waals surface area contributed by atoms with E-state index in [0.717, 1.165) is 17.5 Å². The molecule has 0 atom stereocenters. The van der Waals surface area contributed by atoms with E-state index in [1.807, 2.05) is 26.8 Å². The number of allylic oxidation sites excluding steroid dienone is 1. The number of esters is 2. The molecule has 6 heteroatoms. The van der Waals surface area contributed by atoms with Gasteiger partial charge < -0.3 is 14.2 Å². The maximum absolute atomic E-state index is 13.0. The van der Waals surface area contributed by atoms with E-state index < -0.39 is 10.8 Å². The average Bonchev–Trinajstić information content (AvgIpc) is 2.77. The van der Waals surface area contributed by atoms with Crippen molar-refractivity contribution >= 4 is 23.8 Å². The topological polar surface area (TPSA) is 78.9 Å². The summed E-state index contributed by atoms with van der Waals surface area (Å²) < 4.78 is 17.2. The van der Waals surface area contributed by atoms with Crippen LogP contribution in [0, 0.1) is 24.7 Å². The van der Waals surface area contributed by atoms with Crippen LogP contribution in [0.3, 0.4) is 0 Å². The summed E-state index contributed by atoms with van der Waals surface area (Å²) in [6.07, 6.45) is 3.86. The smallest absolute Gasteiger partial charge is 0.316 e. The highest BCUT2D eigenvalue weighted by atomic mass is 16.5. The van der Waals surface area contributed by atoms with Gasteiger partial charge in [0.1, 0.15) is 17.2 Å². The van der Waals surface area contributed by atoms with Crippen LogP contribution in [0.15, 0.2) is 36.4 Å². The van der Waals surface area contributed by atoms with Gasteiger partial charge >= 0.3 is 11.9 Å². The Morgan fingerprint density at radius 1 is 0.806 bits per heavy atom. The Kier molecular flexibility index (Phi) is 9.25. The fourth-order valence-corrected chi connectivity index (χ4v) is 3.11. The Labute approximate surface area is 214 Å². The molecule has 0 amide bonds. The molecule has 0 spiro atoms. The molecule has 2 rings (SSSR count). The van der Waals surface area contributed by atoms with Crippen LogP contribution in [-0.4, -0.2) is 24.3 Å². The second kappa shape index (κ2) is 11.5. The SMILES string of the molecule is CCCOc1c(C)cc(C)c(OC(=O)C(C)(C)C)c1/C=C/C(=O)c1ccc(OC(=O)C(C)(C)C)cc1. The third-order valence-corrected chi connectivity index (χ3v) is 5.26. The standard InChI is InChI=1S/C30H38O6/c1-10-17-34-25-19(2)18-20(3)26(36-28(33)30(7,8)9)23(25)15-16-24(31)21-11-13-22(14-12-21)35-27(32)29(4,5)6/h11-16,18H,10,17H2,1-9H3/b16-15+. The summed E-state index contributed by atoms with van der Waals surface area (Å²) in [5, 5.41) is 0. The Bertz CT molecular complexity index is 1140. The van der Waals surface area contributed by atoms with Gasteiger partial charge in [-0.05, 0) is 115 Å². The molecule has 0 unspecified atom stereocenters. The minimum Gasteiger partial charge on any atom is -0.493 e. The summed E-state index contributed by atoms with van der Waals surface area (Å²) in [4.78, 5) is 37.7. The van der Waals surface area contributed by atoms with Gasteiger partial charge in [0.05, 0.1) is 23.0 Å². The minimum absolute atomic E-state index is 0.252. The largest absolute Gasteiger partial charge is 0.493 e. The summed E-state index contributed by atoms with van der Waals surface area (Å²) in [6.45, 7) is 17.0. The minimum atomic E-state index is -0.698. The van der Waals surface area contributed by atoms with Gasteiger partial charge in [-0.1, -0.05) is 6.92 Å². The molecule has 0 aliphatic carbocycles. The number of hydrogen-bond acceptors (Lipinski definition) is 6. The zero-order valence-electron chi connectivity index (χ0n) is 22.9. The highest BCUT2D eigenvalue weighted by Gasteiger charge is 2.27. The first-order valence-corrected chi connectivity index (χ1v) is 12.2. The fourth-order valence-electron chi connectivity index (χ4n) is 3.11. The molecule has 0 aromatic heterocycles. The number of ketones is 1. The van der Waals surface area contributed by atoms with Crippen molar-refractivity contribution in [1.29, 1.82) is 0 Å². The normalized spacial score (nSPS) is 11.9. The van der Waals surface area contributed by atoms with Gasteiger partial charge in [0, 0.05) is 5.56 Å². The first kappa shape index (κ1) is 28.8. The molecule has 0 radical (unpaired) electrons. The Hall–Kier alpha value is -3.41. The zero-order chi connectivity index (χ0) is 27.3. The second-order valence-electron chi connectivity index (χ2n) is 10.9. The molecule has 0 fully saturated rings. The molecular weight excluding hydrogens is 456 g/mol. The number of hydrogen-bond donors (Lipinski definition) is 0. The van der Waals surface area contributed by atoms with Gasteiger partial charge in [-0.2, -0.15) is 0 Å². The molecule has 0 N–H and O–H groups in total. The summed E-state index contributed by atoms with van der Waals surface area (Å²) >= 11 is 0. The summed E-state index contributed by atoms with van der Waals surface area (Å²) in [5.74, 6) is 0.340. The van der Waals surface area contributed by atoms with Gasteiger partial charge in [0.15, 0.2) is 5.78 Å². The summed E-state index contributed by atoms with van der Waals surface area (Å²) in [7, 11) is 0. The van der Waals surface area contributed by atoms with Gasteiger partial charge in [0.2, 0.25) is 0 Å². The van der Waals surface area contributed by atoms with Crippen LogP contribution in [0.25, 0.3) is 6.08 Å². The molecule has 36 heavy (non-hydrogen) atoms. The number of ether oxygens (including phenoxy) is 3. The first-order valence-electron chi connectivity index (χ1n) is 12.2. The van der Waals surface area contributed by atoms with E-state index in [9.17, 15) is 14.4 Å². The number of carbonyl (C=O) groups is 3. The van der Waals surface area contributed by atoms with Crippen molar-refractivity contribution < 1.29 is 28.6 Å². The Morgan fingerprint density at radius 3 is 1.86 bits per heavy atom. The third kappa shape index (κ3) is 7.54. The van der Waals surface area contributed by atoms with Crippen LogP contribution in [-0.2, 0) is 9.59 Å². The van der Waals surface area contributed by atoms with Gasteiger partial charge in [-0.3, -0.25) is 14.4 Å². The van der Waals surface area contributed by atoms with Crippen molar-refractivity contribution in [1.82, 2.24) is 0 Å². The first-order chi connectivity index (χ1) is 16.6. The molecule has 0 bridgehead atoms. The number of aryl methyl sites for hydroxylation is 2. The zero-order valence-corrected chi connectivity index (χ0v) is 22.9. The summed E-state index contributed by atoms with van der Waals surface area (Å²) in [6, 6.07) is 8.30. The lowest BCUT2D eigenvalue weighted by Crippen LogP contribution is -2.26. The van der Waals surface area contributed by atoms with E-state index in [1.165, 1.54) is 6.08 Å². The average molecular weight is 495 g/mol. The van der Waals surface area contributed by atoms with Crippen molar-refractivity contribution in [2.75, 3.05) is 6.61 Å². The van der Waals surface area contributed by atoms with Crippen molar-refractivity contribution in [3.05, 3.63) is 58.7 Å². The Morgan fingerprint density at radius 2 is 1.33 bits per heavy atom. The van der Waals surface area contributed by atoms with Crippen molar-refractivity contribution in [3.63, 3.8) is 0 Å². The van der Waals surface area contributed by atoms with E-state index >= 15 is 0 Å². The second-order valence-corrected chi connectivity index (χ2v) is 10.9. The number of benzene rings is 2. The molecule has 2 aromatic carbocycles. The van der Waals surface area contributed by atoms with Gasteiger partial charge in [-0.15, -0.1) is 0 Å². The molecule has 0 saturated heterocycles. The van der Waals surface area contributed by atoms with Gasteiger partial charge in [-0.25, -0.2) is 0 Å². The van der Waals surface area contributed by atoms with Crippen LogP contribution in [0.1, 0.15) is 81.9 Å². The lowest BCUT2D eigenvalue weighted by molar-refractivity contribution is -0.143. The number of rotatable bonds is 8. The van der Waals surface area contributed by atoms with Crippen LogP contribution in [0.4, 0.5) is 0 Å². The monoisotopic (exact) mass is 494 g/mol. The lowest BCUT2D eigenvalue weighted by atomic mass is 9.97. The van der Waals surface area contributed by atoms with Gasteiger partial charge in [0.25, 0.3) is 0 Å². The van der Waals surface area contributed by atoms with E-state index in [-0.39, 0.29) is 17.7 Å². The van der Waals surface area contributed by atoms with E-state index in [2.05, 4.69) is 0 Å². The van der Waals surface area contributed by atoms with E-state index in [4.69, 9.17) is 14.2 Å². The maximum atomic E-state index is 13.0. The molecule has 0 heterocycles. The van der Waals surface area contributed by atoms with Crippen LogP contribution in [0.2, 0.25) is 0 Å². The van der Waals surface area contributed by atoms with Crippen LogP contribution < -0.4 is 14.2 Å². The Balaban J connectivity index is 2.41. The molecule has 0 aliphatic heterocycles. The molecule has 0 saturated carbocycles.